The molecular weight excluding hydrogens is 226 g/mol. The van der Waals surface area contributed by atoms with Crippen molar-refractivity contribution in [3.8, 4) is 11.5 Å². The molecule has 0 aliphatic rings. The molecule has 0 bridgehead atoms. The Balaban J connectivity index is 2.55. The maximum absolute atomic E-state index is 5.93. The molecule has 102 valence electrons. The number of hydrogen-bond acceptors (Lipinski definition) is 3. The van der Waals surface area contributed by atoms with E-state index in [4.69, 9.17) is 9.47 Å². The minimum Gasteiger partial charge on any atom is -0.494 e. The molecule has 3 nitrogen and oxygen atoms in total. The van der Waals surface area contributed by atoms with Crippen LogP contribution in [0.2, 0.25) is 0 Å². The normalized spacial score (nSPS) is 14.0. The summed E-state index contributed by atoms with van der Waals surface area (Å²) in [7, 11) is 0. The Morgan fingerprint density at radius 1 is 1.06 bits per heavy atom. The molecule has 1 N–H and O–H groups in total. The Kier molecular flexibility index (Phi) is 6.58. The van der Waals surface area contributed by atoms with Gasteiger partial charge in [0, 0.05) is 6.04 Å². The Morgan fingerprint density at radius 3 is 2.17 bits per heavy atom. The average Bonchev–Trinajstić information content (AvgIpc) is 2.38. The molecular formula is C15H25NO2. The van der Waals surface area contributed by atoms with Gasteiger partial charge in [0.25, 0.3) is 0 Å². The van der Waals surface area contributed by atoms with Crippen molar-refractivity contribution in [2.24, 2.45) is 0 Å². The quantitative estimate of drug-likeness (QED) is 0.769. The Bertz CT molecular complexity index is 324. The second-order valence-corrected chi connectivity index (χ2v) is 4.30. The summed E-state index contributed by atoms with van der Waals surface area (Å²) >= 11 is 0. The van der Waals surface area contributed by atoms with Crippen LogP contribution in [0, 0.1) is 0 Å². The fourth-order valence-electron chi connectivity index (χ4n) is 1.98. The fourth-order valence-corrected chi connectivity index (χ4v) is 1.98. The molecule has 0 amide bonds. The highest BCUT2D eigenvalue weighted by Gasteiger charge is 2.15. The maximum Gasteiger partial charge on any atom is 0.120 e. The summed E-state index contributed by atoms with van der Waals surface area (Å²) in [6, 6.07) is 8.20. The van der Waals surface area contributed by atoms with Crippen molar-refractivity contribution in [1.82, 2.24) is 5.32 Å². The smallest absolute Gasteiger partial charge is 0.120 e. The average molecular weight is 251 g/mol. The zero-order chi connectivity index (χ0) is 13.4. The van der Waals surface area contributed by atoms with Gasteiger partial charge in [-0.15, -0.1) is 0 Å². The van der Waals surface area contributed by atoms with Crippen molar-refractivity contribution in [2.75, 3.05) is 13.2 Å². The largest absolute Gasteiger partial charge is 0.494 e. The van der Waals surface area contributed by atoms with Crippen molar-refractivity contribution in [3.05, 3.63) is 24.3 Å². The van der Waals surface area contributed by atoms with Crippen LogP contribution >= 0.6 is 0 Å². The predicted octanol–water partition coefficient (Wildman–Crippen LogP) is 3.24. The molecule has 0 saturated carbocycles. The first-order valence-electron chi connectivity index (χ1n) is 6.84. The number of nitrogens with one attached hydrogen (secondary N) is 1. The first-order valence-corrected chi connectivity index (χ1v) is 6.84. The highest BCUT2D eigenvalue weighted by molar-refractivity contribution is 5.31. The van der Waals surface area contributed by atoms with E-state index in [0.29, 0.717) is 12.6 Å². The van der Waals surface area contributed by atoms with Crippen LogP contribution in [0.5, 0.6) is 11.5 Å². The highest BCUT2D eigenvalue weighted by atomic mass is 16.5. The van der Waals surface area contributed by atoms with Gasteiger partial charge in [-0.05, 0) is 51.1 Å². The molecule has 2 unspecified atom stereocenters. The van der Waals surface area contributed by atoms with Gasteiger partial charge in [-0.3, -0.25) is 0 Å². The lowest BCUT2D eigenvalue weighted by molar-refractivity contribution is 0.168. The molecule has 1 aromatic rings. The van der Waals surface area contributed by atoms with E-state index in [2.05, 4.69) is 26.1 Å². The van der Waals surface area contributed by atoms with E-state index in [9.17, 15) is 0 Å². The molecule has 0 heterocycles. The molecule has 0 fully saturated rings. The third-order valence-electron chi connectivity index (χ3n) is 2.93. The number of ether oxygens (including phenoxy) is 2. The zero-order valence-electron chi connectivity index (χ0n) is 11.9. The second-order valence-electron chi connectivity index (χ2n) is 4.30. The monoisotopic (exact) mass is 251 g/mol. The standard InChI is InChI=1S/C15H25NO2/c1-5-15(16-6-2)12(4)18-14-10-8-13(9-11-14)17-7-3/h8-12,15-16H,5-7H2,1-4H3. The Hall–Kier alpha value is -1.22. The van der Waals surface area contributed by atoms with Gasteiger partial charge in [0.1, 0.15) is 17.6 Å². The van der Waals surface area contributed by atoms with E-state index < -0.39 is 0 Å². The maximum atomic E-state index is 5.93. The SMILES string of the molecule is CCNC(CC)C(C)Oc1ccc(OCC)cc1. The van der Waals surface area contributed by atoms with Gasteiger partial charge in [0.2, 0.25) is 0 Å². The summed E-state index contributed by atoms with van der Waals surface area (Å²) in [6.07, 6.45) is 1.22. The molecule has 2 atom stereocenters. The van der Waals surface area contributed by atoms with E-state index in [1.807, 2.05) is 31.2 Å². The molecule has 0 spiro atoms. The van der Waals surface area contributed by atoms with Crippen molar-refractivity contribution < 1.29 is 9.47 Å². The third kappa shape index (κ3) is 4.57. The zero-order valence-corrected chi connectivity index (χ0v) is 11.9. The number of likely N-dealkylation sites (N-methyl/N-ethyl adjacent to an activating group) is 1. The van der Waals surface area contributed by atoms with Gasteiger partial charge >= 0.3 is 0 Å². The van der Waals surface area contributed by atoms with Gasteiger partial charge in [0.05, 0.1) is 6.61 Å². The Morgan fingerprint density at radius 2 is 1.67 bits per heavy atom. The van der Waals surface area contributed by atoms with Gasteiger partial charge in [-0.2, -0.15) is 0 Å². The first kappa shape index (κ1) is 14.8. The summed E-state index contributed by atoms with van der Waals surface area (Å²) in [5, 5.41) is 3.43. The molecule has 1 rings (SSSR count). The minimum atomic E-state index is 0.160. The molecule has 0 saturated heterocycles. The molecule has 1 aromatic carbocycles. The highest BCUT2D eigenvalue weighted by Crippen LogP contribution is 2.19. The summed E-state index contributed by atoms with van der Waals surface area (Å²) < 4.78 is 11.3. The van der Waals surface area contributed by atoms with E-state index in [1.165, 1.54) is 0 Å². The van der Waals surface area contributed by atoms with E-state index in [-0.39, 0.29) is 6.10 Å². The molecule has 3 heteroatoms. The number of hydrogen-bond donors (Lipinski definition) is 1. The lowest BCUT2D eigenvalue weighted by atomic mass is 10.1. The summed E-state index contributed by atoms with van der Waals surface area (Å²) in [4.78, 5) is 0. The van der Waals surface area contributed by atoms with Crippen LogP contribution < -0.4 is 14.8 Å². The van der Waals surface area contributed by atoms with Crippen molar-refractivity contribution in [3.63, 3.8) is 0 Å². The lowest BCUT2D eigenvalue weighted by Gasteiger charge is -2.24. The molecule has 0 aliphatic carbocycles. The van der Waals surface area contributed by atoms with Crippen molar-refractivity contribution in [1.29, 1.82) is 0 Å². The van der Waals surface area contributed by atoms with E-state index in [0.717, 1.165) is 24.5 Å². The lowest BCUT2D eigenvalue weighted by Crippen LogP contribution is -2.40. The van der Waals surface area contributed by atoms with Crippen LogP contribution in [0.1, 0.15) is 34.1 Å². The Labute approximate surface area is 110 Å². The van der Waals surface area contributed by atoms with Crippen LogP contribution in [0.15, 0.2) is 24.3 Å². The molecule has 18 heavy (non-hydrogen) atoms. The number of benzene rings is 1. The van der Waals surface area contributed by atoms with Gasteiger partial charge in [-0.25, -0.2) is 0 Å². The fraction of sp³-hybridized carbons (Fsp3) is 0.600. The van der Waals surface area contributed by atoms with Crippen LogP contribution in [-0.4, -0.2) is 25.3 Å². The molecule has 0 aliphatic heterocycles. The van der Waals surface area contributed by atoms with Gasteiger partial charge in [-0.1, -0.05) is 13.8 Å². The second kappa shape index (κ2) is 7.98. The van der Waals surface area contributed by atoms with Crippen molar-refractivity contribution >= 4 is 0 Å². The first-order chi connectivity index (χ1) is 8.71. The predicted molar refractivity (Wildman–Crippen MR) is 75.5 cm³/mol. The van der Waals surface area contributed by atoms with E-state index in [1.54, 1.807) is 0 Å². The van der Waals surface area contributed by atoms with Crippen LogP contribution in [0.3, 0.4) is 0 Å². The summed E-state index contributed by atoms with van der Waals surface area (Å²) in [6.45, 7) is 10.0. The third-order valence-corrected chi connectivity index (χ3v) is 2.93. The summed E-state index contributed by atoms with van der Waals surface area (Å²) in [5.41, 5.74) is 0. The number of rotatable bonds is 8. The topological polar surface area (TPSA) is 30.5 Å². The van der Waals surface area contributed by atoms with Crippen molar-refractivity contribution in [2.45, 2.75) is 46.3 Å². The molecule has 0 aromatic heterocycles. The molecule has 0 radical (unpaired) electrons. The van der Waals surface area contributed by atoms with Crippen LogP contribution in [-0.2, 0) is 0 Å². The van der Waals surface area contributed by atoms with Gasteiger partial charge < -0.3 is 14.8 Å². The summed E-state index contributed by atoms with van der Waals surface area (Å²) in [5.74, 6) is 1.78. The van der Waals surface area contributed by atoms with E-state index >= 15 is 0 Å². The van der Waals surface area contributed by atoms with Gasteiger partial charge in [0.15, 0.2) is 0 Å². The minimum absolute atomic E-state index is 0.160. The van der Waals surface area contributed by atoms with Crippen LogP contribution in [0.4, 0.5) is 0 Å². The van der Waals surface area contributed by atoms with Crippen LogP contribution in [0.25, 0.3) is 0 Å².